The Hall–Kier alpha value is -0.980. The van der Waals surface area contributed by atoms with Crippen molar-refractivity contribution >= 4 is 23.2 Å². The van der Waals surface area contributed by atoms with Gasteiger partial charge in [-0.1, -0.05) is 49.2 Å². The van der Waals surface area contributed by atoms with Gasteiger partial charge in [0.25, 0.3) is 0 Å². The minimum Gasteiger partial charge on any atom is -0.0843 e. The van der Waals surface area contributed by atoms with Gasteiger partial charge in [0, 0.05) is 15.6 Å². The van der Waals surface area contributed by atoms with Gasteiger partial charge in [0.2, 0.25) is 0 Å². The Morgan fingerprint density at radius 3 is 2.28 bits per heavy atom. The number of rotatable bonds is 3. The molecular weight excluding hydrogens is 263 g/mol. The van der Waals surface area contributed by atoms with E-state index in [1.165, 1.54) is 16.7 Å². The summed E-state index contributed by atoms with van der Waals surface area (Å²) in [5.74, 6) is 0. The summed E-state index contributed by atoms with van der Waals surface area (Å²) < 4.78 is 0. The number of halogens is 2. The van der Waals surface area contributed by atoms with Crippen LogP contribution in [0.5, 0.6) is 0 Å². The molecular formula is C16H16Cl2. The third kappa shape index (κ3) is 2.71. The molecule has 0 atom stereocenters. The van der Waals surface area contributed by atoms with Crippen LogP contribution in [0.1, 0.15) is 25.0 Å². The highest BCUT2D eigenvalue weighted by molar-refractivity contribution is 6.33. The zero-order valence-electron chi connectivity index (χ0n) is 10.6. The predicted molar refractivity (Wildman–Crippen MR) is 80.7 cm³/mol. The molecule has 0 fully saturated rings. The lowest BCUT2D eigenvalue weighted by molar-refractivity contribution is 1.13. The zero-order chi connectivity index (χ0) is 13.1. The van der Waals surface area contributed by atoms with Crippen molar-refractivity contribution in [2.75, 3.05) is 0 Å². The third-order valence-electron chi connectivity index (χ3n) is 3.18. The van der Waals surface area contributed by atoms with E-state index in [9.17, 15) is 0 Å². The van der Waals surface area contributed by atoms with E-state index in [0.29, 0.717) is 0 Å². The van der Waals surface area contributed by atoms with Gasteiger partial charge in [-0.3, -0.25) is 0 Å². The number of benzene rings is 2. The highest BCUT2D eigenvalue weighted by atomic mass is 35.5. The first-order valence-corrected chi connectivity index (χ1v) is 6.98. The van der Waals surface area contributed by atoms with Crippen molar-refractivity contribution < 1.29 is 0 Å². The number of aryl methyl sites for hydroxylation is 2. The maximum absolute atomic E-state index is 6.32. The maximum atomic E-state index is 6.32. The summed E-state index contributed by atoms with van der Waals surface area (Å²) >= 11 is 12.4. The molecule has 0 N–H and O–H groups in total. The van der Waals surface area contributed by atoms with Crippen molar-refractivity contribution in [1.82, 2.24) is 0 Å². The van der Waals surface area contributed by atoms with Crippen LogP contribution in [-0.4, -0.2) is 0 Å². The summed E-state index contributed by atoms with van der Waals surface area (Å²) in [6, 6.07) is 12.2. The molecule has 0 amide bonds. The Morgan fingerprint density at radius 2 is 1.61 bits per heavy atom. The van der Waals surface area contributed by atoms with Crippen molar-refractivity contribution in [3.05, 3.63) is 57.6 Å². The summed E-state index contributed by atoms with van der Waals surface area (Å²) in [7, 11) is 0. The Balaban J connectivity index is 2.60. The molecule has 2 aromatic carbocycles. The molecule has 0 aromatic heterocycles. The van der Waals surface area contributed by atoms with Gasteiger partial charge in [0.15, 0.2) is 0 Å². The lowest BCUT2D eigenvalue weighted by Gasteiger charge is -2.12. The second-order valence-electron chi connectivity index (χ2n) is 4.32. The van der Waals surface area contributed by atoms with Crippen molar-refractivity contribution in [3.8, 4) is 11.1 Å². The zero-order valence-corrected chi connectivity index (χ0v) is 12.1. The maximum Gasteiger partial charge on any atom is 0.0484 e. The molecule has 0 nitrogen and oxygen atoms in total. The van der Waals surface area contributed by atoms with E-state index in [4.69, 9.17) is 23.2 Å². The van der Waals surface area contributed by atoms with E-state index >= 15 is 0 Å². The van der Waals surface area contributed by atoms with E-state index in [1.807, 2.05) is 18.2 Å². The van der Waals surface area contributed by atoms with Gasteiger partial charge in [0.1, 0.15) is 0 Å². The molecule has 0 aliphatic carbocycles. The van der Waals surface area contributed by atoms with Gasteiger partial charge in [-0.15, -0.1) is 0 Å². The van der Waals surface area contributed by atoms with Crippen LogP contribution in [0.15, 0.2) is 36.4 Å². The molecule has 0 saturated carbocycles. The van der Waals surface area contributed by atoms with E-state index in [1.54, 1.807) is 0 Å². The molecule has 0 radical (unpaired) electrons. The number of hydrogen-bond donors (Lipinski definition) is 0. The van der Waals surface area contributed by atoms with Gasteiger partial charge >= 0.3 is 0 Å². The summed E-state index contributed by atoms with van der Waals surface area (Å²) in [5.41, 5.74) is 4.82. The monoisotopic (exact) mass is 278 g/mol. The van der Waals surface area contributed by atoms with Gasteiger partial charge < -0.3 is 0 Å². The van der Waals surface area contributed by atoms with Crippen LogP contribution in [0.25, 0.3) is 11.1 Å². The van der Waals surface area contributed by atoms with E-state index in [0.717, 1.165) is 28.5 Å². The SMILES string of the molecule is CCc1ccc(Cl)c(-c2ccc(Cl)cc2CC)c1. The lowest BCUT2D eigenvalue weighted by atomic mass is 9.96. The molecule has 0 aliphatic heterocycles. The van der Waals surface area contributed by atoms with Gasteiger partial charge in [-0.05, 0) is 53.8 Å². The highest BCUT2D eigenvalue weighted by Gasteiger charge is 2.09. The predicted octanol–water partition coefficient (Wildman–Crippen LogP) is 5.79. The van der Waals surface area contributed by atoms with Crippen molar-refractivity contribution in [2.45, 2.75) is 26.7 Å². The second kappa shape index (κ2) is 5.77. The second-order valence-corrected chi connectivity index (χ2v) is 5.17. The molecule has 2 rings (SSSR count). The fourth-order valence-corrected chi connectivity index (χ4v) is 2.53. The van der Waals surface area contributed by atoms with E-state index < -0.39 is 0 Å². The molecule has 0 unspecified atom stereocenters. The molecule has 18 heavy (non-hydrogen) atoms. The molecule has 2 aromatic rings. The summed E-state index contributed by atoms with van der Waals surface area (Å²) in [6.07, 6.45) is 1.96. The Labute approximate surface area is 119 Å². The van der Waals surface area contributed by atoms with Crippen LogP contribution in [0.4, 0.5) is 0 Å². The third-order valence-corrected chi connectivity index (χ3v) is 3.74. The summed E-state index contributed by atoms with van der Waals surface area (Å²) in [5, 5.41) is 1.57. The summed E-state index contributed by atoms with van der Waals surface area (Å²) in [4.78, 5) is 0. The van der Waals surface area contributed by atoms with Gasteiger partial charge in [0.05, 0.1) is 0 Å². The average Bonchev–Trinajstić information content (AvgIpc) is 2.39. The van der Waals surface area contributed by atoms with Gasteiger partial charge in [-0.2, -0.15) is 0 Å². The van der Waals surface area contributed by atoms with Crippen LogP contribution >= 0.6 is 23.2 Å². The lowest BCUT2D eigenvalue weighted by Crippen LogP contribution is -1.90. The Bertz CT molecular complexity index is 559. The minimum atomic E-state index is 0.776. The first-order valence-electron chi connectivity index (χ1n) is 6.23. The van der Waals surface area contributed by atoms with Crippen LogP contribution in [0.3, 0.4) is 0 Å². The summed E-state index contributed by atoms with van der Waals surface area (Å²) in [6.45, 7) is 4.28. The van der Waals surface area contributed by atoms with Crippen molar-refractivity contribution in [1.29, 1.82) is 0 Å². The van der Waals surface area contributed by atoms with Crippen LogP contribution in [0.2, 0.25) is 10.0 Å². The smallest absolute Gasteiger partial charge is 0.0484 e. The van der Waals surface area contributed by atoms with Crippen molar-refractivity contribution in [3.63, 3.8) is 0 Å². The fourth-order valence-electron chi connectivity index (χ4n) is 2.12. The average molecular weight is 279 g/mol. The molecule has 0 bridgehead atoms. The first kappa shape index (κ1) is 13.5. The Morgan fingerprint density at radius 1 is 0.833 bits per heavy atom. The normalized spacial score (nSPS) is 10.7. The van der Waals surface area contributed by atoms with Crippen LogP contribution < -0.4 is 0 Å². The van der Waals surface area contributed by atoms with Crippen LogP contribution in [0, 0.1) is 0 Å². The topological polar surface area (TPSA) is 0 Å². The van der Waals surface area contributed by atoms with Gasteiger partial charge in [-0.25, -0.2) is 0 Å². The quantitative estimate of drug-likeness (QED) is 0.667. The van der Waals surface area contributed by atoms with Crippen molar-refractivity contribution in [2.24, 2.45) is 0 Å². The van der Waals surface area contributed by atoms with Crippen LogP contribution in [-0.2, 0) is 12.8 Å². The Kier molecular flexibility index (Phi) is 4.31. The molecule has 2 heteroatoms. The highest BCUT2D eigenvalue weighted by Crippen LogP contribution is 2.33. The molecule has 0 spiro atoms. The fraction of sp³-hybridized carbons (Fsp3) is 0.250. The van der Waals surface area contributed by atoms with E-state index in [-0.39, 0.29) is 0 Å². The largest absolute Gasteiger partial charge is 0.0843 e. The molecule has 0 aliphatic rings. The minimum absolute atomic E-state index is 0.776. The first-order chi connectivity index (χ1) is 8.65. The molecule has 0 heterocycles. The number of hydrogen-bond acceptors (Lipinski definition) is 0. The van der Waals surface area contributed by atoms with E-state index in [2.05, 4.69) is 32.0 Å². The molecule has 0 saturated heterocycles. The standard InChI is InChI=1S/C16H16Cl2/c1-3-11-5-8-16(18)15(9-11)14-7-6-13(17)10-12(14)4-2/h5-10H,3-4H2,1-2H3. The molecule has 94 valence electrons.